The van der Waals surface area contributed by atoms with Crippen molar-refractivity contribution in [1.29, 1.82) is 0 Å². The SMILES string of the molecule is C1CNC1.CC.CC.CC(=O)N1CCC1.[B]C.[B]C. The highest BCUT2D eigenvalue weighted by Crippen LogP contribution is 2.03. The van der Waals surface area contributed by atoms with Crippen molar-refractivity contribution in [2.75, 3.05) is 26.2 Å². The molecule has 0 saturated carbocycles. The van der Waals surface area contributed by atoms with Crippen LogP contribution >= 0.6 is 0 Å². The van der Waals surface area contributed by atoms with Crippen LogP contribution < -0.4 is 5.32 Å². The van der Waals surface area contributed by atoms with Crippen molar-refractivity contribution >= 4 is 21.6 Å². The lowest BCUT2D eigenvalue weighted by molar-refractivity contribution is -0.132. The summed E-state index contributed by atoms with van der Waals surface area (Å²) in [6.45, 7) is 17.1. The quantitative estimate of drug-likeness (QED) is 0.685. The van der Waals surface area contributed by atoms with E-state index in [1.54, 1.807) is 6.92 Å². The number of hydrogen-bond donors (Lipinski definition) is 1. The van der Waals surface area contributed by atoms with Gasteiger partial charge < -0.3 is 10.2 Å². The first-order valence-electron chi connectivity index (χ1n) is 7.42. The lowest BCUT2D eigenvalue weighted by Gasteiger charge is -2.29. The number of carbonyl (C=O) groups excluding carboxylic acids is 1. The van der Waals surface area contributed by atoms with Crippen molar-refractivity contribution < 1.29 is 4.79 Å². The molecule has 1 N–H and O–H groups in total. The molecule has 1 amide bonds. The molecule has 2 fully saturated rings. The molecule has 0 spiro atoms. The normalized spacial score (nSPS) is 13.1. The molecular formula is C14H34B2N2O. The molecule has 0 atom stereocenters. The minimum atomic E-state index is 0.214. The Kier molecular flexibility index (Phi) is 43.4. The smallest absolute Gasteiger partial charge is 0.219 e. The fourth-order valence-electron chi connectivity index (χ4n) is 0.808. The monoisotopic (exact) mass is 268 g/mol. The van der Waals surface area contributed by atoms with Crippen LogP contribution in [0.1, 0.15) is 47.5 Å². The maximum absolute atomic E-state index is 10.4. The second-order valence-corrected chi connectivity index (χ2v) is 2.96. The molecular weight excluding hydrogens is 234 g/mol. The molecule has 0 aromatic heterocycles. The van der Waals surface area contributed by atoms with E-state index < -0.39 is 0 Å². The Labute approximate surface area is 124 Å². The van der Waals surface area contributed by atoms with Gasteiger partial charge in [-0.3, -0.25) is 4.79 Å². The van der Waals surface area contributed by atoms with E-state index in [1.807, 2.05) is 32.6 Å². The highest BCUT2D eigenvalue weighted by molar-refractivity contribution is 6.05. The average Bonchev–Trinajstić information content (AvgIpc) is 2.34. The van der Waals surface area contributed by atoms with E-state index in [4.69, 9.17) is 0 Å². The van der Waals surface area contributed by atoms with Crippen LogP contribution in [0.3, 0.4) is 0 Å². The number of carbonyl (C=O) groups is 1. The molecule has 0 aromatic rings. The molecule has 2 heterocycles. The number of likely N-dealkylation sites (tertiary alicyclic amines) is 1. The van der Waals surface area contributed by atoms with Crippen molar-refractivity contribution in [3.05, 3.63) is 0 Å². The van der Waals surface area contributed by atoms with Crippen molar-refractivity contribution in [2.45, 2.75) is 61.1 Å². The van der Waals surface area contributed by atoms with Gasteiger partial charge in [0.15, 0.2) is 0 Å². The van der Waals surface area contributed by atoms with Crippen LogP contribution in [0.5, 0.6) is 0 Å². The zero-order valence-corrected chi connectivity index (χ0v) is 14.3. The molecule has 0 unspecified atom stereocenters. The Bertz CT molecular complexity index is 135. The number of nitrogens with one attached hydrogen (secondary N) is 1. The van der Waals surface area contributed by atoms with E-state index in [9.17, 15) is 4.79 Å². The standard InChI is InChI=1S/C5H9NO.C3H7N.2C2H6.2CH3B/c1-5(7)6-3-2-4-6;1-2-4-3-1;4*1-2/h2-4H2,1H3;4H,1-3H2;2*1-2H3;2*1H3. The zero-order chi connectivity index (χ0) is 16.1. The van der Waals surface area contributed by atoms with Crippen LogP contribution in [0.25, 0.3) is 0 Å². The molecule has 2 aliphatic heterocycles. The Morgan fingerprint density at radius 3 is 1.16 bits per heavy atom. The van der Waals surface area contributed by atoms with Crippen molar-refractivity contribution in [1.82, 2.24) is 10.2 Å². The lowest BCUT2D eigenvalue weighted by Crippen LogP contribution is -2.40. The van der Waals surface area contributed by atoms with Crippen LogP contribution in [-0.2, 0) is 4.79 Å². The van der Waals surface area contributed by atoms with E-state index >= 15 is 0 Å². The maximum atomic E-state index is 10.4. The van der Waals surface area contributed by atoms with Crippen molar-refractivity contribution in [3.8, 4) is 0 Å². The molecule has 3 nitrogen and oxygen atoms in total. The summed E-state index contributed by atoms with van der Waals surface area (Å²) in [5.41, 5.74) is 0. The van der Waals surface area contributed by atoms with E-state index in [2.05, 4.69) is 21.0 Å². The van der Waals surface area contributed by atoms with E-state index in [1.165, 1.54) is 39.6 Å². The molecule has 0 bridgehead atoms. The summed E-state index contributed by atoms with van der Waals surface area (Å²) in [7, 11) is 9.00. The van der Waals surface area contributed by atoms with Gasteiger partial charge in [-0.1, -0.05) is 41.3 Å². The summed E-state index contributed by atoms with van der Waals surface area (Å²) in [4.78, 5) is 12.2. The second kappa shape index (κ2) is 30.5. The third-order valence-corrected chi connectivity index (χ3v) is 2.01. The first-order valence-corrected chi connectivity index (χ1v) is 7.42. The summed E-state index contributed by atoms with van der Waals surface area (Å²) >= 11 is 0. The van der Waals surface area contributed by atoms with Crippen molar-refractivity contribution in [3.63, 3.8) is 0 Å². The minimum Gasteiger partial charge on any atom is -0.343 e. The molecule has 2 aliphatic rings. The summed E-state index contributed by atoms with van der Waals surface area (Å²) < 4.78 is 0. The number of amides is 1. The van der Waals surface area contributed by atoms with E-state index in [0.717, 1.165) is 13.1 Å². The first kappa shape index (κ1) is 27.0. The first-order chi connectivity index (χ1) is 9.30. The van der Waals surface area contributed by atoms with Crippen molar-refractivity contribution in [2.24, 2.45) is 0 Å². The molecule has 112 valence electrons. The molecule has 19 heavy (non-hydrogen) atoms. The predicted molar refractivity (Wildman–Crippen MR) is 90.3 cm³/mol. The van der Waals surface area contributed by atoms with Gasteiger partial charge in [-0.15, -0.1) is 0 Å². The Balaban J connectivity index is -0.0000000814. The van der Waals surface area contributed by atoms with E-state index in [0.29, 0.717) is 0 Å². The Hall–Kier alpha value is -0.440. The molecule has 5 heteroatoms. The van der Waals surface area contributed by atoms with Gasteiger partial charge in [0.25, 0.3) is 0 Å². The minimum absolute atomic E-state index is 0.214. The highest BCUT2D eigenvalue weighted by atomic mass is 16.2. The number of hydrogen-bond acceptors (Lipinski definition) is 2. The fraction of sp³-hybridized carbons (Fsp3) is 0.929. The van der Waals surface area contributed by atoms with Gasteiger partial charge in [0, 0.05) is 20.0 Å². The number of rotatable bonds is 0. The zero-order valence-electron chi connectivity index (χ0n) is 14.3. The summed E-state index contributed by atoms with van der Waals surface area (Å²) in [6, 6.07) is 0. The van der Waals surface area contributed by atoms with Gasteiger partial charge >= 0.3 is 0 Å². The third kappa shape index (κ3) is 23.1. The van der Waals surface area contributed by atoms with Gasteiger partial charge in [-0.25, -0.2) is 0 Å². The second-order valence-electron chi connectivity index (χ2n) is 2.96. The van der Waals surface area contributed by atoms with Gasteiger partial charge in [-0.2, -0.15) is 0 Å². The van der Waals surface area contributed by atoms with Crippen LogP contribution in [0.4, 0.5) is 0 Å². The lowest BCUT2D eigenvalue weighted by atomic mass is 10.2. The average molecular weight is 268 g/mol. The third-order valence-electron chi connectivity index (χ3n) is 2.01. The largest absolute Gasteiger partial charge is 0.343 e. The Morgan fingerprint density at radius 2 is 1.16 bits per heavy atom. The summed E-state index contributed by atoms with van der Waals surface area (Å²) in [6.07, 6.45) is 2.58. The highest BCUT2D eigenvalue weighted by Gasteiger charge is 2.14. The summed E-state index contributed by atoms with van der Waals surface area (Å²) in [5, 5.41) is 3.11. The topological polar surface area (TPSA) is 32.3 Å². The van der Waals surface area contributed by atoms with Gasteiger partial charge in [0.1, 0.15) is 0 Å². The fourth-order valence-corrected chi connectivity index (χ4v) is 0.808. The summed E-state index contributed by atoms with van der Waals surface area (Å²) in [5.74, 6) is 0.214. The molecule has 0 aliphatic carbocycles. The molecule has 2 rings (SSSR count). The van der Waals surface area contributed by atoms with Crippen LogP contribution in [0.2, 0.25) is 13.6 Å². The Morgan fingerprint density at radius 1 is 0.895 bits per heavy atom. The number of nitrogens with zero attached hydrogens (tertiary/aromatic N) is 1. The maximum Gasteiger partial charge on any atom is 0.219 e. The molecule has 4 radical (unpaired) electrons. The molecule has 0 aromatic carbocycles. The van der Waals surface area contributed by atoms with Gasteiger partial charge in [0.05, 0.1) is 15.7 Å². The van der Waals surface area contributed by atoms with E-state index in [-0.39, 0.29) is 5.91 Å². The van der Waals surface area contributed by atoms with Crippen LogP contribution in [0, 0.1) is 0 Å². The van der Waals surface area contributed by atoms with Gasteiger partial charge in [-0.05, 0) is 25.9 Å². The molecule has 2 saturated heterocycles. The van der Waals surface area contributed by atoms with Crippen LogP contribution in [0.15, 0.2) is 0 Å². The van der Waals surface area contributed by atoms with Gasteiger partial charge in [0.2, 0.25) is 5.91 Å². The predicted octanol–water partition coefficient (Wildman–Crippen LogP) is 2.68. The van der Waals surface area contributed by atoms with Crippen LogP contribution in [-0.4, -0.2) is 52.7 Å².